The lowest BCUT2D eigenvalue weighted by Crippen LogP contribution is -2.35. The summed E-state index contributed by atoms with van der Waals surface area (Å²) in [6.45, 7) is 8.18. The molecular weight excluding hydrogens is 336 g/mol. The molecule has 0 saturated heterocycles. The molecule has 0 radical (unpaired) electrons. The molecule has 0 aliphatic carbocycles. The predicted molar refractivity (Wildman–Crippen MR) is 111 cm³/mol. The summed E-state index contributed by atoms with van der Waals surface area (Å²) in [4.78, 5) is 26.2. The minimum Gasteiger partial charge on any atom is -0.336 e. The minimum atomic E-state index is -0.173. The monoisotopic (exact) mass is 366 g/mol. The van der Waals surface area contributed by atoms with Crippen molar-refractivity contribution in [2.45, 2.75) is 47.0 Å². The van der Waals surface area contributed by atoms with E-state index < -0.39 is 0 Å². The number of anilines is 1. The lowest BCUT2D eigenvalue weighted by molar-refractivity contribution is -0.133. The van der Waals surface area contributed by atoms with Crippen molar-refractivity contribution in [2.24, 2.45) is 0 Å². The average molecular weight is 367 g/mol. The quantitative estimate of drug-likeness (QED) is 0.798. The van der Waals surface area contributed by atoms with E-state index in [-0.39, 0.29) is 18.4 Å². The third-order valence-corrected chi connectivity index (χ3v) is 4.81. The fourth-order valence-corrected chi connectivity index (χ4v) is 3.24. The first kappa shape index (κ1) is 20.7. The van der Waals surface area contributed by atoms with Gasteiger partial charge in [0.15, 0.2) is 0 Å². The summed E-state index contributed by atoms with van der Waals surface area (Å²) in [5.74, 6) is -0.199. The van der Waals surface area contributed by atoms with Gasteiger partial charge in [0, 0.05) is 19.2 Å². The van der Waals surface area contributed by atoms with Gasteiger partial charge in [0.25, 0.3) is 0 Å². The molecule has 2 aromatic rings. The first-order valence-electron chi connectivity index (χ1n) is 9.49. The van der Waals surface area contributed by atoms with E-state index in [1.54, 1.807) is 7.05 Å². The standard InChI is InChI=1S/C23H30N2O2/c1-6-19-7-9-20(10-8-19)11-12-22(27)25(5)15-21(26)24-23-17(3)13-16(2)14-18(23)4/h7-10,13-14H,6,11-12,15H2,1-5H3,(H,24,26). The van der Waals surface area contributed by atoms with Crippen molar-refractivity contribution in [3.8, 4) is 0 Å². The Kier molecular flexibility index (Phi) is 7.17. The van der Waals surface area contributed by atoms with Gasteiger partial charge in [-0.15, -0.1) is 0 Å². The van der Waals surface area contributed by atoms with Crippen molar-refractivity contribution in [1.29, 1.82) is 0 Å². The summed E-state index contributed by atoms with van der Waals surface area (Å²) in [5.41, 5.74) is 6.50. The summed E-state index contributed by atoms with van der Waals surface area (Å²) in [6, 6.07) is 12.4. The van der Waals surface area contributed by atoms with Crippen molar-refractivity contribution in [3.63, 3.8) is 0 Å². The molecule has 0 aliphatic rings. The fourth-order valence-electron chi connectivity index (χ4n) is 3.24. The van der Waals surface area contributed by atoms with Gasteiger partial charge in [0.1, 0.15) is 0 Å². The van der Waals surface area contributed by atoms with E-state index in [4.69, 9.17) is 0 Å². The zero-order chi connectivity index (χ0) is 20.0. The van der Waals surface area contributed by atoms with Crippen molar-refractivity contribution >= 4 is 17.5 Å². The van der Waals surface area contributed by atoms with Crippen LogP contribution in [0.3, 0.4) is 0 Å². The minimum absolute atomic E-state index is 0.0259. The molecule has 0 bridgehead atoms. The summed E-state index contributed by atoms with van der Waals surface area (Å²) in [7, 11) is 1.68. The topological polar surface area (TPSA) is 49.4 Å². The van der Waals surface area contributed by atoms with E-state index in [1.165, 1.54) is 16.0 Å². The van der Waals surface area contributed by atoms with Crippen LogP contribution in [0.4, 0.5) is 5.69 Å². The summed E-state index contributed by atoms with van der Waals surface area (Å²) >= 11 is 0. The maximum atomic E-state index is 12.4. The molecule has 0 aliphatic heterocycles. The number of rotatable bonds is 7. The normalized spacial score (nSPS) is 10.6. The van der Waals surface area contributed by atoms with Gasteiger partial charge in [-0.05, 0) is 55.9 Å². The Balaban J connectivity index is 1.87. The van der Waals surface area contributed by atoms with E-state index in [9.17, 15) is 9.59 Å². The highest BCUT2D eigenvalue weighted by molar-refractivity contribution is 5.95. The molecule has 1 N–H and O–H groups in total. The molecule has 0 spiro atoms. The number of carbonyl (C=O) groups is 2. The Hall–Kier alpha value is -2.62. The number of benzene rings is 2. The van der Waals surface area contributed by atoms with Gasteiger partial charge in [-0.1, -0.05) is 48.9 Å². The molecule has 2 aromatic carbocycles. The zero-order valence-electron chi connectivity index (χ0n) is 17.1. The van der Waals surface area contributed by atoms with Crippen LogP contribution in [0.15, 0.2) is 36.4 Å². The molecule has 4 nitrogen and oxygen atoms in total. The third kappa shape index (κ3) is 5.95. The first-order valence-corrected chi connectivity index (χ1v) is 9.49. The van der Waals surface area contributed by atoms with Gasteiger partial charge in [0.05, 0.1) is 6.54 Å². The molecule has 2 rings (SSSR count). The van der Waals surface area contributed by atoms with E-state index in [0.29, 0.717) is 12.8 Å². The lowest BCUT2D eigenvalue weighted by Gasteiger charge is -2.18. The first-order chi connectivity index (χ1) is 12.8. The summed E-state index contributed by atoms with van der Waals surface area (Å²) in [5, 5.41) is 2.95. The maximum Gasteiger partial charge on any atom is 0.243 e. The van der Waals surface area contributed by atoms with Crippen LogP contribution in [0.2, 0.25) is 0 Å². The number of hydrogen-bond donors (Lipinski definition) is 1. The number of likely N-dealkylation sites (N-methyl/N-ethyl adjacent to an activating group) is 1. The van der Waals surface area contributed by atoms with E-state index in [1.807, 2.05) is 32.9 Å². The number of amides is 2. The zero-order valence-corrected chi connectivity index (χ0v) is 17.1. The Morgan fingerprint density at radius 1 is 0.963 bits per heavy atom. The SMILES string of the molecule is CCc1ccc(CCC(=O)N(C)CC(=O)Nc2c(C)cc(C)cc2C)cc1. The Labute approximate surface area is 162 Å². The second kappa shape index (κ2) is 9.36. The third-order valence-electron chi connectivity index (χ3n) is 4.81. The summed E-state index contributed by atoms with van der Waals surface area (Å²) < 4.78 is 0. The second-order valence-corrected chi connectivity index (χ2v) is 7.24. The van der Waals surface area contributed by atoms with Crippen LogP contribution < -0.4 is 5.32 Å². The van der Waals surface area contributed by atoms with Crippen LogP contribution in [-0.4, -0.2) is 30.3 Å². The molecule has 4 heteroatoms. The Bertz CT molecular complexity index is 787. The highest BCUT2D eigenvalue weighted by Gasteiger charge is 2.14. The van der Waals surface area contributed by atoms with Crippen molar-refractivity contribution in [1.82, 2.24) is 4.90 Å². The van der Waals surface area contributed by atoms with Gasteiger partial charge in [-0.25, -0.2) is 0 Å². The number of nitrogens with zero attached hydrogens (tertiary/aromatic N) is 1. The van der Waals surface area contributed by atoms with Gasteiger partial charge in [0.2, 0.25) is 11.8 Å². The number of aryl methyl sites for hydroxylation is 5. The average Bonchev–Trinajstić information content (AvgIpc) is 2.63. The highest BCUT2D eigenvalue weighted by atomic mass is 16.2. The smallest absolute Gasteiger partial charge is 0.243 e. The molecule has 2 amide bonds. The molecule has 0 aromatic heterocycles. The number of hydrogen-bond acceptors (Lipinski definition) is 2. The van der Waals surface area contributed by atoms with Crippen LogP contribution in [0.1, 0.15) is 41.2 Å². The molecule has 27 heavy (non-hydrogen) atoms. The fraction of sp³-hybridized carbons (Fsp3) is 0.391. The van der Waals surface area contributed by atoms with Gasteiger partial charge in [-0.3, -0.25) is 9.59 Å². The molecule has 0 heterocycles. The largest absolute Gasteiger partial charge is 0.336 e. The lowest BCUT2D eigenvalue weighted by atomic mass is 10.1. The maximum absolute atomic E-state index is 12.4. The van der Waals surface area contributed by atoms with Crippen LogP contribution in [0.25, 0.3) is 0 Å². The molecular formula is C23H30N2O2. The second-order valence-electron chi connectivity index (χ2n) is 7.24. The molecule has 0 unspecified atom stereocenters. The summed E-state index contributed by atoms with van der Waals surface area (Å²) in [6.07, 6.45) is 2.10. The van der Waals surface area contributed by atoms with Gasteiger partial charge in [-0.2, -0.15) is 0 Å². The van der Waals surface area contributed by atoms with Crippen LogP contribution in [-0.2, 0) is 22.4 Å². The van der Waals surface area contributed by atoms with Crippen molar-refractivity contribution in [2.75, 3.05) is 18.9 Å². The highest BCUT2D eigenvalue weighted by Crippen LogP contribution is 2.21. The van der Waals surface area contributed by atoms with Crippen LogP contribution in [0, 0.1) is 20.8 Å². The number of carbonyl (C=O) groups excluding carboxylic acids is 2. The molecule has 144 valence electrons. The van der Waals surface area contributed by atoms with Gasteiger partial charge < -0.3 is 10.2 Å². The molecule has 0 saturated carbocycles. The predicted octanol–water partition coefficient (Wildman–Crippen LogP) is 4.20. The van der Waals surface area contributed by atoms with E-state index >= 15 is 0 Å². The van der Waals surface area contributed by atoms with Crippen molar-refractivity contribution in [3.05, 3.63) is 64.2 Å². The Morgan fingerprint density at radius 3 is 2.07 bits per heavy atom. The van der Waals surface area contributed by atoms with E-state index in [2.05, 4.69) is 36.5 Å². The van der Waals surface area contributed by atoms with Crippen molar-refractivity contribution < 1.29 is 9.59 Å². The van der Waals surface area contributed by atoms with Crippen LogP contribution >= 0.6 is 0 Å². The molecule has 0 atom stereocenters. The molecule has 0 fully saturated rings. The van der Waals surface area contributed by atoms with Crippen LogP contribution in [0.5, 0.6) is 0 Å². The van der Waals surface area contributed by atoms with E-state index in [0.717, 1.165) is 28.8 Å². The Morgan fingerprint density at radius 2 is 1.52 bits per heavy atom. The van der Waals surface area contributed by atoms with Gasteiger partial charge >= 0.3 is 0 Å². The number of nitrogens with one attached hydrogen (secondary N) is 1.